The molecular formula is C37H62N2O29. The van der Waals surface area contributed by atoms with Gasteiger partial charge in [-0.3, -0.25) is 9.59 Å². The topological polar surface area (TPSA) is 502 Å². The zero-order valence-electron chi connectivity index (χ0n) is 36.2. The first-order chi connectivity index (χ1) is 31.9. The van der Waals surface area contributed by atoms with Gasteiger partial charge in [0.25, 0.3) is 5.79 Å². The number of carboxylic acid groups (broad SMARTS) is 1. The molecule has 68 heavy (non-hydrogen) atoms. The van der Waals surface area contributed by atoms with E-state index in [0.29, 0.717) is 0 Å². The molecule has 0 aromatic carbocycles. The molecule has 31 nitrogen and oxygen atoms in total. The minimum Gasteiger partial charge on any atom is -0.477 e. The minimum atomic E-state index is -3.21. The predicted molar refractivity (Wildman–Crippen MR) is 207 cm³/mol. The number of hydrogen-bond donors (Lipinski definition) is 19. The van der Waals surface area contributed by atoms with E-state index < -0.39 is 216 Å². The van der Waals surface area contributed by atoms with Crippen molar-refractivity contribution in [2.75, 3.05) is 33.0 Å². The Kier molecular flexibility index (Phi) is 19.7. The van der Waals surface area contributed by atoms with E-state index in [-0.39, 0.29) is 0 Å². The van der Waals surface area contributed by atoms with Gasteiger partial charge in [0.15, 0.2) is 25.2 Å². The molecule has 394 valence electrons. The van der Waals surface area contributed by atoms with Crippen LogP contribution >= 0.6 is 0 Å². The summed E-state index contributed by atoms with van der Waals surface area (Å²) in [5.74, 6) is -7.00. The fraction of sp³-hybridized carbons (Fsp3) is 0.919. The normalized spacial score (nSPS) is 46.6. The standard InChI is InChI=1S/C37H62N2O29/c1-9(44)38-17-11(46)3-37(36(58)59,67-29(17)19(48)12(47)4-40)68-31-22(51)15(7-43)63-35(27(31)56)65-28-16(8-60-34-25(54)24(53)20(49)13(5-41)62-34)64-33(18(23(28)52)39-10(2)45)66-30-21(50)14(6-42)61-32(57)26(30)55/h11-35,40-43,46-57H,3-8H2,1-2H3,(H,38,44)(H,39,45)(H,58,59)/t11-,12+,13+,14+,15+,16+,17+,18+,19+,20+,21-,22-,23+,24-,25+,26+,27+,28+,29+,30-,31-,32?,33-,34+,35-,37-/m0/s1. The average Bonchev–Trinajstić information content (AvgIpc) is 3.29. The molecule has 19 N–H and O–H groups in total. The van der Waals surface area contributed by atoms with Gasteiger partial charge >= 0.3 is 5.97 Å². The summed E-state index contributed by atoms with van der Waals surface area (Å²) in [6, 6.07) is -3.51. The second-order valence-electron chi connectivity index (χ2n) is 16.9. The Hall–Kier alpha value is -2.59. The highest BCUT2D eigenvalue weighted by Gasteiger charge is 2.61. The number of amides is 2. The number of ether oxygens (including phenoxy) is 9. The molecule has 0 radical (unpaired) electrons. The van der Waals surface area contributed by atoms with Crippen LogP contribution in [-0.4, -0.2) is 297 Å². The molecule has 0 saturated carbocycles. The smallest absolute Gasteiger partial charge is 0.364 e. The van der Waals surface area contributed by atoms with Crippen molar-refractivity contribution in [3.63, 3.8) is 0 Å². The molecule has 0 bridgehead atoms. The van der Waals surface area contributed by atoms with E-state index in [0.717, 1.165) is 13.8 Å². The van der Waals surface area contributed by atoms with Crippen molar-refractivity contribution in [2.45, 2.75) is 179 Å². The molecule has 5 fully saturated rings. The molecule has 5 heterocycles. The van der Waals surface area contributed by atoms with Gasteiger partial charge in [-0.05, 0) is 0 Å². The summed E-state index contributed by atoms with van der Waals surface area (Å²) in [5, 5.41) is 185. The lowest BCUT2D eigenvalue weighted by Crippen LogP contribution is -2.71. The molecule has 26 atom stereocenters. The maximum absolute atomic E-state index is 13.0. The second-order valence-corrected chi connectivity index (χ2v) is 16.9. The van der Waals surface area contributed by atoms with Crippen molar-refractivity contribution >= 4 is 17.8 Å². The summed E-state index contributed by atoms with van der Waals surface area (Å²) in [4.78, 5) is 37.6. The Morgan fingerprint density at radius 1 is 0.603 bits per heavy atom. The van der Waals surface area contributed by atoms with Crippen LogP contribution in [0.15, 0.2) is 0 Å². The third-order valence-electron chi connectivity index (χ3n) is 12.1. The first kappa shape index (κ1) is 56.3. The number of aliphatic hydroxyl groups excluding tert-OH is 16. The van der Waals surface area contributed by atoms with E-state index in [9.17, 15) is 101 Å². The molecule has 0 aromatic rings. The Balaban J connectivity index is 1.51. The van der Waals surface area contributed by atoms with Crippen LogP contribution < -0.4 is 10.6 Å². The van der Waals surface area contributed by atoms with E-state index in [1.807, 2.05) is 0 Å². The lowest BCUT2D eigenvalue weighted by atomic mass is 9.88. The zero-order chi connectivity index (χ0) is 50.7. The predicted octanol–water partition coefficient (Wildman–Crippen LogP) is -12.4. The number of carboxylic acids is 1. The Labute approximate surface area is 384 Å². The van der Waals surface area contributed by atoms with E-state index in [4.69, 9.17) is 42.6 Å². The molecule has 0 aliphatic carbocycles. The third kappa shape index (κ3) is 12.0. The molecular weight excluding hydrogens is 936 g/mol. The van der Waals surface area contributed by atoms with Gasteiger partial charge in [-0.15, -0.1) is 0 Å². The van der Waals surface area contributed by atoms with Crippen molar-refractivity contribution in [3.05, 3.63) is 0 Å². The van der Waals surface area contributed by atoms with Gasteiger partial charge in [-0.25, -0.2) is 4.79 Å². The summed E-state index contributed by atoms with van der Waals surface area (Å²) in [6.45, 7) is -3.08. The van der Waals surface area contributed by atoms with Crippen LogP contribution in [-0.2, 0) is 57.0 Å². The Bertz CT molecular complexity index is 1660. The van der Waals surface area contributed by atoms with E-state index in [2.05, 4.69) is 10.6 Å². The SMILES string of the molecule is CC(=O)N[C@H]1[C@H](O[C@H]2[C@@H](O)[C@@H](CO)OC(O)[C@@H]2O)O[C@H](CO[C@@H]2O[C@H](CO)[C@@H](O)[C@H](O)[C@H]2O)[C@@H](O[C@@H]2O[C@H](CO)[C@H](O)[C@H](O[C@]3(C(=O)O)C[C@H](O)[C@@H](NC(C)=O)[C@H]([C@H](O)[C@H](O)CO)O3)[C@H]2O)[C@@H]1O. The van der Waals surface area contributed by atoms with Crippen molar-refractivity contribution in [1.82, 2.24) is 10.6 Å². The zero-order valence-corrected chi connectivity index (χ0v) is 36.2. The van der Waals surface area contributed by atoms with Crippen LogP contribution in [0.5, 0.6) is 0 Å². The van der Waals surface area contributed by atoms with Gasteiger partial charge in [0.2, 0.25) is 11.8 Å². The monoisotopic (exact) mass is 998 g/mol. The fourth-order valence-electron chi connectivity index (χ4n) is 8.43. The summed E-state index contributed by atoms with van der Waals surface area (Å²) in [5.41, 5.74) is 0. The van der Waals surface area contributed by atoms with Gasteiger partial charge in [0.05, 0.1) is 45.2 Å². The first-order valence-corrected chi connectivity index (χ1v) is 21.2. The largest absolute Gasteiger partial charge is 0.477 e. The van der Waals surface area contributed by atoms with Crippen molar-refractivity contribution in [1.29, 1.82) is 0 Å². The second kappa shape index (κ2) is 23.8. The summed E-state index contributed by atoms with van der Waals surface area (Å²) in [6.07, 6.45) is -47.6. The molecule has 0 aromatic heterocycles. The average molecular weight is 999 g/mol. The van der Waals surface area contributed by atoms with Crippen LogP contribution in [0.3, 0.4) is 0 Å². The summed E-state index contributed by atoms with van der Waals surface area (Å²) in [7, 11) is 0. The summed E-state index contributed by atoms with van der Waals surface area (Å²) < 4.78 is 50.8. The Morgan fingerprint density at radius 3 is 1.71 bits per heavy atom. The van der Waals surface area contributed by atoms with Crippen molar-refractivity contribution < 1.29 is 144 Å². The highest BCUT2D eigenvalue weighted by Crippen LogP contribution is 2.39. The number of nitrogens with one attached hydrogen (secondary N) is 2. The van der Waals surface area contributed by atoms with Crippen LogP contribution in [0.1, 0.15) is 20.3 Å². The van der Waals surface area contributed by atoms with Gasteiger partial charge in [-0.1, -0.05) is 0 Å². The van der Waals surface area contributed by atoms with Crippen LogP contribution in [0, 0.1) is 0 Å². The van der Waals surface area contributed by atoms with Crippen LogP contribution in [0.4, 0.5) is 0 Å². The summed E-state index contributed by atoms with van der Waals surface area (Å²) >= 11 is 0. The third-order valence-corrected chi connectivity index (χ3v) is 12.1. The van der Waals surface area contributed by atoms with Crippen molar-refractivity contribution in [2.24, 2.45) is 0 Å². The molecule has 1 unspecified atom stereocenters. The van der Waals surface area contributed by atoms with Gasteiger partial charge in [-0.2, -0.15) is 0 Å². The van der Waals surface area contributed by atoms with Crippen molar-refractivity contribution in [3.8, 4) is 0 Å². The fourth-order valence-corrected chi connectivity index (χ4v) is 8.43. The first-order valence-electron chi connectivity index (χ1n) is 21.2. The van der Waals surface area contributed by atoms with Gasteiger partial charge in [0.1, 0.15) is 116 Å². The molecule has 5 aliphatic heterocycles. The number of carbonyl (C=O) groups excluding carboxylic acids is 2. The molecule has 5 saturated heterocycles. The lowest BCUT2D eigenvalue weighted by Gasteiger charge is -2.51. The number of hydrogen-bond acceptors (Lipinski definition) is 28. The van der Waals surface area contributed by atoms with Crippen LogP contribution in [0.25, 0.3) is 0 Å². The molecule has 5 aliphatic rings. The number of carbonyl (C=O) groups is 3. The van der Waals surface area contributed by atoms with E-state index in [1.54, 1.807) is 0 Å². The quantitative estimate of drug-likeness (QED) is 0.0606. The highest BCUT2D eigenvalue weighted by atomic mass is 16.8. The Morgan fingerprint density at radius 2 is 1.13 bits per heavy atom. The maximum Gasteiger partial charge on any atom is 0.364 e. The van der Waals surface area contributed by atoms with Crippen LogP contribution in [0.2, 0.25) is 0 Å². The van der Waals surface area contributed by atoms with E-state index in [1.165, 1.54) is 0 Å². The van der Waals surface area contributed by atoms with E-state index >= 15 is 0 Å². The molecule has 31 heteroatoms. The number of aliphatic hydroxyl groups is 16. The molecule has 0 spiro atoms. The number of aliphatic carboxylic acids is 1. The molecule has 2 amide bonds. The van der Waals surface area contributed by atoms with Gasteiger partial charge in [0, 0.05) is 20.3 Å². The number of rotatable bonds is 18. The lowest BCUT2D eigenvalue weighted by molar-refractivity contribution is -0.389. The highest BCUT2D eigenvalue weighted by molar-refractivity contribution is 5.76. The maximum atomic E-state index is 13.0. The van der Waals surface area contributed by atoms with Gasteiger partial charge < -0.3 is 140 Å². The molecule has 5 rings (SSSR count). The minimum absolute atomic E-state index is 0.824.